The average molecular weight is 825 g/mol. The van der Waals surface area contributed by atoms with Gasteiger partial charge in [0, 0.05) is 17.7 Å². The van der Waals surface area contributed by atoms with Gasteiger partial charge in [-0.3, -0.25) is 24.0 Å². The van der Waals surface area contributed by atoms with E-state index in [0.29, 0.717) is 34.7 Å². The number of phenolic OH excluding ortho intramolecular Hbond substituents is 4. The van der Waals surface area contributed by atoms with Crippen molar-refractivity contribution in [3.63, 3.8) is 0 Å². The molecule has 0 heterocycles. The Labute approximate surface area is 347 Å². The number of allylic oxidation sites excluding steroid dienone is 5. The van der Waals surface area contributed by atoms with Crippen molar-refractivity contribution in [2.45, 2.75) is 27.2 Å². The largest absolute Gasteiger partial charge is 0.508 e. The van der Waals surface area contributed by atoms with E-state index < -0.39 is 0 Å². The van der Waals surface area contributed by atoms with Gasteiger partial charge in [-0.25, -0.2) is 0 Å². The van der Waals surface area contributed by atoms with Gasteiger partial charge in [-0.2, -0.15) is 0 Å². The summed E-state index contributed by atoms with van der Waals surface area (Å²) in [4.78, 5) is 52.8. The standard InChI is InChI=1S/C20H18O5.C13H14O4.C8H8O3.C5H8O2/c1-25-20-12-15(6-11-19(20)24)5-10-18(23)13-17(22)9-4-14-2-7-16(21)8-3-14;1-9(14)7-11(15)5-3-10-4-6-12(16)13(8-10)17-2;1-11-8-4-6(5-9)2-3-7(8)10;1-4(6)3-5(2)7/h2-13,21,23-24H,1H3;3-8,15-16H,1-2H3;2-5,10H,1H3;3H2,1-2H3/b9-4+,10-5+,18-13-;5-3+,11-7-;;. The molecule has 0 saturated heterocycles. The van der Waals surface area contributed by atoms with Crippen LogP contribution in [0.2, 0.25) is 0 Å². The molecule has 14 heteroatoms. The molecule has 0 saturated carbocycles. The molecule has 0 radical (unpaired) electrons. The van der Waals surface area contributed by atoms with Gasteiger partial charge in [0.15, 0.2) is 46.1 Å². The number of ether oxygens (including phenoxy) is 3. The minimum atomic E-state index is -0.376. The van der Waals surface area contributed by atoms with Gasteiger partial charge < -0.3 is 44.8 Å². The van der Waals surface area contributed by atoms with Crippen LogP contribution in [0.5, 0.6) is 40.2 Å². The number of hydrogen-bond acceptors (Lipinski definition) is 14. The molecule has 4 rings (SSSR count). The Kier molecular flexibility index (Phi) is 22.5. The van der Waals surface area contributed by atoms with Crippen molar-refractivity contribution in [2.24, 2.45) is 0 Å². The van der Waals surface area contributed by atoms with E-state index in [-0.39, 0.29) is 64.1 Å². The van der Waals surface area contributed by atoms with E-state index in [1.54, 1.807) is 54.6 Å². The van der Waals surface area contributed by atoms with Crippen LogP contribution in [-0.2, 0) is 19.2 Å². The number of carbonyl (C=O) groups excluding carboxylic acids is 5. The normalized spacial score (nSPS) is 11.0. The first-order chi connectivity index (χ1) is 28.4. The summed E-state index contributed by atoms with van der Waals surface area (Å²) in [6, 6.07) is 20.3. The number of phenols is 4. The first-order valence-electron chi connectivity index (χ1n) is 17.6. The van der Waals surface area contributed by atoms with Crippen molar-refractivity contribution in [1.82, 2.24) is 0 Å². The van der Waals surface area contributed by atoms with Crippen molar-refractivity contribution in [1.29, 1.82) is 0 Å². The third kappa shape index (κ3) is 20.9. The van der Waals surface area contributed by atoms with E-state index in [1.165, 1.54) is 103 Å². The Hall–Kier alpha value is -7.87. The van der Waals surface area contributed by atoms with E-state index in [2.05, 4.69) is 0 Å². The molecule has 6 N–H and O–H groups in total. The van der Waals surface area contributed by atoms with Gasteiger partial charge in [0.2, 0.25) is 0 Å². The van der Waals surface area contributed by atoms with Crippen LogP contribution in [0.3, 0.4) is 0 Å². The average Bonchev–Trinajstić information content (AvgIpc) is 3.20. The molecule has 0 aliphatic rings. The Morgan fingerprint density at radius 1 is 0.517 bits per heavy atom. The molecule has 0 bridgehead atoms. The zero-order valence-electron chi connectivity index (χ0n) is 33.9. The molecule has 4 aromatic carbocycles. The summed E-state index contributed by atoms with van der Waals surface area (Å²) in [6.45, 7) is 4.16. The number of ketones is 4. The number of Topliss-reactive ketones (excluding diaryl/α,β-unsaturated/α-hetero) is 2. The topological polar surface area (TPSA) is 234 Å². The van der Waals surface area contributed by atoms with Crippen LogP contribution in [0.15, 0.2) is 121 Å². The second-order valence-electron chi connectivity index (χ2n) is 12.2. The number of benzene rings is 4. The quantitative estimate of drug-likeness (QED) is 0.0232. The molecule has 0 spiro atoms. The third-order valence-corrected chi connectivity index (χ3v) is 7.11. The van der Waals surface area contributed by atoms with Crippen LogP contribution in [0.25, 0.3) is 18.2 Å². The Balaban J connectivity index is 0.000000443. The predicted octanol–water partition coefficient (Wildman–Crippen LogP) is 8.06. The van der Waals surface area contributed by atoms with Gasteiger partial charge in [-0.1, -0.05) is 42.5 Å². The second-order valence-corrected chi connectivity index (χ2v) is 12.2. The molecular formula is C46H48O14. The lowest BCUT2D eigenvalue weighted by atomic mass is 10.1. The third-order valence-electron chi connectivity index (χ3n) is 7.11. The van der Waals surface area contributed by atoms with Gasteiger partial charge in [-0.15, -0.1) is 0 Å². The number of aromatic hydroxyl groups is 4. The highest BCUT2D eigenvalue weighted by Gasteiger charge is 2.03. The van der Waals surface area contributed by atoms with Crippen molar-refractivity contribution < 1.29 is 68.8 Å². The van der Waals surface area contributed by atoms with Crippen LogP contribution in [0.4, 0.5) is 0 Å². The van der Waals surface area contributed by atoms with E-state index in [9.17, 15) is 49.5 Å². The number of aliphatic hydroxyl groups is 2. The summed E-state index contributed by atoms with van der Waals surface area (Å²) < 4.78 is 14.7. The highest BCUT2D eigenvalue weighted by atomic mass is 16.5. The summed E-state index contributed by atoms with van der Waals surface area (Å²) in [7, 11) is 4.33. The Morgan fingerprint density at radius 3 is 1.25 bits per heavy atom. The van der Waals surface area contributed by atoms with Crippen LogP contribution in [0, 0.1) is 0 Å². The van der Waals surface area contributed by atoms with Gasteiger partial charge in [0.05, 0.1) is 27.8 Å². The van der Waals surface area contributed by atoms with Crippen LogP contribution >= 0.6 is 0 Å². The van der Waals surface area contributed by atoms with E-state index in [1.807, 2.05) is 0 Å². The van der Waals surface area contributed by atoms with Crippen LogP contribution < -0.4 is 14.2 Å². The summed E-state index contributed by atoms with van der Waals surface area (Å²) in [5, 5.41) is 56.3. The molecule has 0 amide bonds. The minimum absolute atomic E-state index is 0.0222. The summed E-state index contributed by atoms with van der Waals surface area (Å²) >= 11 is 0. The highest BCUT2D eigenvalue weighted by Crippen LogP contribution is 2.28. The fourth-order valence-electron chi connectivity index (χ4n) is 4.34. The molecule has 4 aromatic rings. The number of carbonyl (C=O) groups is 5. The molecule has 316 valence electrons. The zero-order chi connectivity index (χ0) is 45.2. The van der Waals surface area contributed by atoms with E-state index in [4.69, 9.17) is 19.3 Å². The van der Waals surface area contributed by atoms with Crippen LogP contribution in [0.1, 0.15) is 54.2 Å². The maximum atomic E-state index is 11.8. The van der Waals surface area contributed by atoms with Crippen LogP contribution in [-0.4, -0.2) is 81.4 Å². The number of methoxy groups -OCH3 is 3. The molecule has 0 aliphatic heterocycles. The summed E-state index contributed by atoms with van der Waals surface area (Å²) in [5.41, 5.74) is 2.68. The smallest absolute Gasteiger partial charge is 0.182 e. The van der Waals surface area contributed by atoms with Gasteiger partial charge >= 0.3 is 0 Å². The monoisotopic (exact) mass is 824 g/mol. The fourth-order valence-corrected chi connectivity index (χ4v) is 4.34. The second kappa shape index (κ2) is 26.9. The highest BCUT2D eigenvalue weighted by molar-refractivity contribution is 6.02. The number of aliphatic hydroxyl groups excluding tert-OH is 2. The van der Waals surface area contributed by atoms with Gasteiger partial charge in [0.1, 0.15) is 35.1 Å². The molecule has 0 unspecified atom stereocenters. The maximum absolute atomic E-state index is 11.8. The lowest BCUT2D eigenvalue weighted by Gasteiger charge is -2.03. The lowest BCUT2D eigenvalue weighted by Crippen LogP contribution is -1.97. The molecule has 0 aliphatic carbocycles. The first kappa shape index (κ1) is 50.1. The SMILES string of the molecule is CC(=O)CC(C)=O.COc1cc(/C=C/C(O)=C/C(=O)/C=C/c2ccc(O)cc2)ccc1O.COc1cc(/C=C/C(O)=C/C(C)=O)ccc1O.COc1cc(C=O)ccc1O. The lowest BCUT2D eigenvalue weighted by molar-refractivity contribution is -0.124. The maximum Gasteiger partial charge on any atom is 0.182 e. The number of aldehydes is 1. The summed E-state index contributed by atoms with van der Waals surface area (Å²) in [6.07, 6.45) is 11.9. The number of rotatable bonds is 14. The molecule has 60 heavy (non-hydrogen) atoms. The van der Waals surface area contributed by atoms with Gasteiger partial charge in [0.25, 0.3) is 0 Å². The molecule has 14 nitrogen and oxygen atoms in total. The Bertz CT molecular complexity index is 2210. The minimum Gasteiger partial charge on any atom is -0.508 e. The number of hydrogen-bond donors (Lipinski definition) is 6. The molecule has 0 aromatic heterocycles. The van der Waals surface area contributed by atoms with Crippen molar-refractivity contribution in [3.05, 3.63) is 143 Å². The Morgan fingerprint density at radius 2 is 0.883 bits per heavy atom. The zero-order valence-corrected chi connectivity index (χ0v) is 33.9. The van der Waals surface area contributed by atoms with Crippen molar-refractivity contribution >= 4 is 47.6 Å². The summed E-state index contributed by atoms with van der Waals surface area (Å²) in [5.74, 6) is 0.193. The first-order valence-corrected chi connectivity index (χ1v) is 17.6. The fraction of sp³-hybridized carbons (Fsp3) is 0.152. The van der Waals surface area contributed by atoms with Crippen molar-refractivity contribution in [2.75, 3.05) is 21.3 Å². The van der Waals surface area contributed by atoms with Gasteiger partial charge in [-0.05, 0) is 110 Å². The van der Waals surface area contributed by atoms with Crippen molar-refractivity contribution in [3.8, 4) is 40.2 Å². The molecular weight excluding hydrogens is 776 g/mol. The van der Waals surface area contributed by atoms with E-state index >= 15 is 0 Å². The molecule has 0 fully saturated rings. The van der Waals surface area contributed by atoms with E-state index in [0.717, 1.165) is 23.3 Å². The molecule has 0 atom stereocenters. The predicted molar refractivity (Wildman–Crippen MR) is 228 cm³/mol.